The van der Waals surface area contributed by atoms with Gasteiger partial charge in [-0.25, -0.2) is 10.8 Å². The van der Waals surface area contributed by atoms with Crippen LogP contribution in [0, 0.1) is 11.8 Å². The lowest BCUT2D eigenvalue weighted by Crippen LogP contribution is -2.37. The van der Waals surface area contributed by atoms with E-state index in [9.17, 15) is 4.79 Å². The minimum atomic E-state index is -0.0583. The summed E-state index contributed by atoms with van der Waals surface area (Å²) >= 11 is 0. The Morgan fingerprint density at radius 1 is 1.39 bits per heavy atom. The van der Waals surface area contributed by atoms with Crippen molar-refractivity contribution in [1.29, 1.82) is 0 Å². The van der Waals surface area contributed by atoms with E-state index in [0.29, 0.717) is 23.2 Å². The Labute approximate surface area is 107 Å². The first-order valence-electron chi connectivity index (χ1n) is 6.35. The fourth-order valence-electron chi connectivity index (χ4n) is 2.43. The average Bonchev–Trinajstić information content (AvgIpc) is 2.71. The second-order valence-corrected chi connectivity index (χ2v) is 5.07. The van der Waals surface area contributed by atoms with Crippen molar-refractivity contribution in [3.63, 3.8) is 0 Å². The summed E-state index contributed by atoms with van der Waals surface area (Å²) in [7, 11) is 0. The first-order chi connectivity index (χ1) is 8.61. The number of nitrogens with one attached hydrogen (secondary N) is 2. The van der Waals surface area contributed by atoms with E-state index in [1.54, 1.807) is 12.1 Å². The Morgan fingerprint density at radius 2 is 2.17 bits per heavy atom. The summed E-state index contributed by atoms with van der Waals surface area (Å²) in [5, 5.41) is 3.08. The molecule has 3 unspecified atom stereocenters. The molecule has 4 N–H and O–H groups in total. The molecule has 1 saturated carbocycles. The number of pyridine rings is 1. The van der Waals surface area contributed by atoms with E-state index in [-0.39, 0.29) is 11.9 Å². The highest BCUT2D eigenvalue weighted by Gasteiger charge is 2.30. The van der Waals surface area contributed by atoms with Crippen molar-refractivity contribution in [2.24, 2.45) is 17.7 Å². The number of hydrazine groups is 1. The summed E-state index contributed by atoms with van der Waals surface area (Å²) in [4.78, 5) is 16.1. The van der Waals surface area contributed by atoms with Gasteiger partial charge in [-0.2, -0.15) is 0 Å². The number of nitrogens with two attached hydrogens (primary N) is 1. The quantitative estimate of drug-likeness (QED) is 0.560. The van der Waals surface area contributed by atoms with Gasteiger partial charge in [-0.3, -0.25) is 4.79 Å². The zero-order valence-corrected chi connectivity index (χ0v) is 10.8. The maximum absolute atomic E-state index is 12.0. The SMILES string of the molecule is CC1CCC(NC(=O)c2ccc(NN)nc2)C1C. The molecule has 1 heterocycles. The van der Waals surface area contributed by atoms with Crippen molar-refractivity contribution in [2.45, 2.75) is 32.7 Å². The zero-order valence-electron chi connectivity index (χ0n) is 10.8. The second kappa shape index (κ2) is 5.35. The number of rotatable bonds is 3. The number of hydrogen-bond donors (Lipinski definition) is 3. The van der Waals surface area contributed by atoms with Crippen LogP contribution in [-0.2, 0) is 0 Å². The van der Waals surface area contributed by atoms with Crippen molar-refractivity contribution in [1.82, 2.24) is 10.3 Å². The molecule has 0 spiro atoms. The van der Waals surface area contributed by atoms with Crippen molar-refractivity contribution in [3.8, 4) is 0 Å². The van der Waals surface area contributed by atoms with E-state index in [1.165, 1.54) is 12.6 Å². The fourth-order valence-corrected chi connectivity index (χ4v) is 2.43. The van der Waals surface area contributed by atoms with Crippen LogP contribution in [-0.4, -0.2) is 16.9 Å². The highest BCUT2D eigenvalue weighted by atomic mass is 16.1. The Hall–Kier alpha value is -1.62. The Morgan fingerprint density at radius 3 is 2.67 bits per heavy atom. The maximum Gasteiger partial charge on any atom is 0.253 e. The zero-order chi connectivity index (χ0) is 13.1. The van der Waals surface area contributed by atoms with Crippen LogP contribution in [0.25, 0.3) is 0 Å². The van der Waals surface area contributed by atoms with E-state index in [0.717, 1.165) is 6.42 Å². The highest BCUT2D eigenvalue weighted by Crippen LogP contribution is 2.31. The summed E-state index contributed by atoms with van der Waals surface area (Å²) in [6, 6.07) is 3.69. The normalized spacial score (nSPS) is 26.9. The molecule has 0 radical (unpaired) electrons. The predicted octanol–water partition coefficient (Wildman–Crippen LogP) is 1.53. The fraction of sp³-hybridized carbons (Fsp3) is 0.538. The molecule has 0 aliphatic heterocycles. The standard InChI is InChI=1S/C13H20N4O/c1-8-3-5-11(9(8)2)16-13(18)10-4-6-12(17-14)15-7-10/h4,6-9,11H,3,5,14H2,1-2H3,(H,15,17)(H,16,18). The maximum atomic E-state index is 12.0. The van der Waals surface area contributed by atoms with Crippen LogP contribution in [0.4, 0.5) is 5.82 Å². The number of anilines is 1. The van der Waals surface area contributed by atoms with Gasteiger partial charge in [-0.15, -0.1) is 0 Å². The van der Waals surface area contributed by atoms with Crippen LogP contribution in [0.15, 0.2) is 18.3 Å². The van der Waals surface area contributed by atoms with E-state index in [2.05, 4.69) is 29.6 Å². The summed E-state index contributed by atoms with van der Waals surface area (Å²) in [5.41, 5.74) is 3.01. The summed E-state index contributed by atoms with van der Waals surface area (Å²) in [5.74, 6) is 6.93. The van der Waals surface area contributed by atoms with Crippen LogP contribution in [0.5, 0.6) is 0 Å². The van der Waals surface area contributed by atoms with Crippen LogP contribution in [0.3, 0.4) is 0 Å². The van der Waals surface area contributed by atoms with Gasteiger partial charge in [0, 0.05) is 12.2 Å². The molecule has 1 aromatic rings. The molecule has 5 nitrogen and oxygen atoms in total. The molecule has 2 rings (SSSR count). The average molecular weight is 248 g/mol. The number of carbonyl (C=O) groups is 1. The molecule has 0 aromatic carbocycles. The van der Waals surface area contributed by atoms with Gasteiger partial charge in [0.2, 0.25) is 0 Å². The summed E-state index contributed by atoms with van der Waals surface area (Å²) in [6.45, 7) is 4.43. The van der Waals surface area contributed by atoms with Gasteiger partial charge in [0.25, 0.3) is 5.91 Å². The molecule has 1 amide bonds. The van der Waals surface area contributed by atoms with Crippen molar-refractivity contribution in [3.05, 3.63) is 23.9 Å². The first kappa shape index (κ1) is 12.8. The van der Waals surface area contributed by atoms with Gasteiger partial charge in [-0.1, -0.05) is 13.8 Å². The molecular formula is C13H20N4O. The van der Waals surface area contributed by atoms with Crippen LogP contribution in [0.2, 0.25) is 0 Å². The lowest BCUT2D eigenvalue weighted by atomic mass is 9.97. The van der Waals surface area contributed by atoms with Crippen molar-refractivity contribution < 1.29 is 4.79 Å². The Bertz CT molecular complexity index is 418. The van der Waals surface area contributed by atoms with Gasteiger partial charge in [0.1, 0.15) is 5.82 Å². The number of hydrogen-bond acceptors (Lipinski definition) is 4. The number of carbonyl (C=O) groups excluding carboxylic acids is 1. The van der Waals surface area contributed by atoms with E-state index in [4.69, 9.17) is 5.84 Å². The Balaban J connectivity index is 1.99. The van der Waals surface area contributed by atoms with E-state index in [1.807, 2.05) is 0 Å². The molecule has 98 valence electrons. The smallest absolute Gasteiger partial charge is 0.253 e. The van der Waals surface area contributed by atoms with Gasteiger partial charge in [0.05, 0.1) is 5.56 Å². The molecule has 0 bridgehead atoms. The number of amides is 1. The van der Waals surface area contributed by atoms with Gasteiger partial charge >= 0.3 is 0 Å². The molecule has 0 saturated heterocycles. The monoisotopic (exact) mass is 248 g/mol. The first-order valence-corrected chi connectivity index (χ1v) is 6.35. The molecule has 18 heavy (non-hydrogen) atoms. The molecule has 3 atom stereocenters. The molecule has 1 aliphatic rings. The van der Waals surface area contributed by atoms with Crippen LogP contribution < -0.4 is 16.6 Å². The van der Waals surface area contributed by atoms with Crippen molar-refractivity contribution >= 4 is 11.7 Å². The third-order valence-corrected chi connectivity index (χ3v) is 3.96. The van der Waals surface area contributed by atoms with E-state index < -0.39 is 0 Å². The van der Waals surface area contributed by atoms with Gasteiger partial charge in [-0.05, 0) is 36.8 Å². The lowest BCUT2D eigenvalue weighted by molar-refractivity contribution is 0.0927. The molecule has 1 aromatic heterocycles. The molecule has 1 fully saturated rings. The third-order valence-electron chi connectivity index (χ3n) is 3.96. The molecule has 1 aliphatic carbocycles. The van der Waals surface area contributed by atoms with Crippen LogP contribution in [0.1, 0.15) is 37.0 Å². The number of nitrogens with zero attached hydrogens (tertiary/aromatic N) is 1. The van der Waals surface area contributed by atoms with E-state index >= 15 is 0 Å². The minimum Gasteiger partial charge on any atom is -0.349 e. The number of aromatic nitrogens is 1. The second-order valence-electron chi connectivity index (χ2n) is 5.07. The predicted molar refractivity (Wildman–Crippen MR) is 70.9 cm³/mol. The van der Waals surface area contributed by atoms with Gasteiger partial charge in [0.15, 0.2) is 0 Å². The lowest BCUT2D eigenvalue weighted by Gasteiger charge is -2.19. The highest BCUT2D eigenvalue weighted by molar-refractivity contribution is 5.94. The number of nitrogen functional groups attached to an aromatic ring is 1. The summed E-state index contributed by atoms with van der Waals surface area (Å²) in [6.07, 6.45) is 3.78. The minimum absolute atomic E-state index is 0.0583. The van der Waals surface area contributed by atoms with Gasteiger partial charge < -0.3 is 10.7 Å². The topological polar surface area (TPSA) is 80.0 Å². The van der Waals surface area contributed by atoms with Crippen molar-refractivity contribution in [2.75, 3.05) is 5.43 Å². The third kappa shape index (κ3) is 2.61. The molecule has 5 heteroatoms. The summed E-state index contributed by atoms with van der Waals surface area (Å²) < 4.78 is 0. The Kier molecular flexibility index (Phi) is 3.81. The van der Waals surface area contributed by atoms with Crippen LogP contribution >= 0.6 is 0 Å². The largest absolute Gasteiger partial charge is 0.349 e. The molecular weight excluding hydrogens is 228 g/mol.